The van der Waals surface area contributed by atoms with Gasteiger partial charge >= 0.3 is 12.3 Å². The average Bonchev–Trinajstić information content (AvgIpc) is 2.17. The van der Waals surface area contributed by atoms with Crippen LogP contribution < -0.4 is 0 Å². The van der Waals surface area contributed by atoms with Crippen molar-refractivity contribution >= 4 is 12.3 Å². The van der Waals surface area contributed by atoms with Gasteiger partial charge in [-0.15, -0.1) is 0 Å². The number of carbonyl (C=O) groups is 2. The summed E-state index contributed by atoms with van der Waals surface area (Å²) in [7, 11) is 0. The van der Waals surface area contributed by atoms with Gasteiger partial charge in [-0.25, -0.2) is 9.59 Å². The second kappa shape index (κ2) is 7.77. The zero-order valence-electron chi connectivity index (χ0n) is 13.0. The van der Waals surface area contributed by atoms with E-state index in [1.54, 1.807) is 53.7 Å². The summed E-state index contributed by atoms with van der Waals surface area (Å²) < 4.78 is 19.4. The summed E-state index contributed by atoms with van der Waals surface area (Å²) in [5.41, 5.74) is -1.17. The third kappa shape index (κ3) is 12.7. The summed E-state index contributed by atoms with van der Waals surface area (Å²) in [4.78, 5) is 22.3. The highest BCUT2D eigenvalue weighted by atomic mass is 16.7. The molecule has 0 radical (unpaired) electrons. The Kier molecular flexibility index (Phi) is 7.10. The number of rotatable bonds is 4. The normalized spacial score (nSPS) is 12.1. The van der Waals surface area contributed by atoms with E-state index in [9.17, 15) is 9.59 Å². The van der Waals surface area contributed by atoms with Crippen LogP contribution in [-0.2, 0) is 18.9 Å². The van der Waals surface area contributed by atoms with Gasteiger partial charge < -0.3 is 18.9 Å². The molecule has 0 fully saturated rings. The molecule has 0 saturated carbocycles. The van der Waals surface area contributed by atoms with Crippen LogP contribution in [0.4, 0.5) is 9.59 Å². The van der Waals surface area contributed by atoms with Crippen molar-refractivity contribution < 1.29 is 28.5 Å². The van der Waals surface area contributed by atoms with E-state index in [0.29, 0.717) is 0 Å². The minimum Gasteiger partial charge on any atom is -0.430 e. The molecule has 116 valence electrons. The van der Waals surface area contributed by atoms with Crippen molar-refractivity contribution in [2.45, 2.75) is 52.7 Å². The fourth-order valence-corrected chi connectivity index (χ4v) is 0.927. The minimum atomic E-state index is -0.741. The third-order valence-corrected chi connectivity index (χ3v) is 1.54. The highest BCUT2D eigenvalue weighted by Gasteiger charge is 2.17. The van der Waals surface area contributed by atoms with Gasteiger partial charge in [0.15, 0.2) is 0 Å². The molecule has 0 aromatic rings. The van der Waals surface area contributed by atoms with E-state index in [1.807, 2.05) is 0 Å². The molecule has 0 aliphatic rings. The smallest absolute Gasteiger partial charge is 0.430 e. The molecule has 0 bridgehead atoms. The van der Waals surface area contributed by atoms with Gasteiger partial charge in [-0.05, 0) is 53.7 Å². The van der Waals surface area contributed by atoms with Crippen LogP contribution in [0.15, 0.2) is 12.2 Å². The van der Waals surface area contributed by atoms with E-state index in [1.165, 1.54) is 0 Å². The van der Waals surface area contributed by atoms with Crippen LogP contribution in [0.2, 0.25) is 0 Å². The monoisotopic (exact) mass is 288 g/mol. The maximum atomic E-state index is 11.2. The first kappa shape index (κ1) is 18.3. The molecule has 0 spiro atoms. The SMILES string of the molecule is CC(C)(C)OC(=O)OC/C=C/COC(=O)OC(C)(C)C. The molecule has 0 rings (SSSR count). The van der Waals surface area contributed by atoms with Crippen LogP contribution in [0, 0.1) is 0 Å². The zero-order chi connectivity index (χ0) is 15.8. The zero-order valence-corrected chi connectivity index (χ0v) is 13.0. The van der Waals surface area contributed by atoms with Crippen LogP contribution in [-0.4, -0.2) is 36.7 Å². The fourth-order valence-electron chi connectivity index (χ4n) is 0.927. The van der Waals surface area contributed by atoms with Crippen molar-refractivity contribution in [3.63, 3.8) is 0 Å². The molecule has 6 heteroatoms. The van der Waals surface area contributed by atoms with Crippen molar-refractivity contribution in [1.29, 1.82) is 0 Å². The molecular formula is C14H24O6. The van der Waals surface area contributed by atoms with Crippen LogP contribution in [0.1, 0.15) is 41.5 Å². The van der Waals surface area contributed by atoms with Crippen molar-refractivity contribution in [2.24, 2.45) is 0 Å². The van der Waals surface area contributed by atoms with Crippen LogP contribution in [0.25, 0.3) is 0 Å². The average molecular weight is 288 g/mol. The van der Waals surface area contributed by atoms with Gasteiger partial charge in [0.25, 0.3) is 0 Å². The first-order valence-electron chi connectivity index (χ1n) is 6.36. The van der Waals surface area contributed by atoms with E-state index in [4.69, 9.17) is 18.9 Å². The van der Waals surface area contributed by atoms with E-state index in [2.05, 4.69) is 0 Å². The molecule has 20 heavy (non-hydrogen) atoms. The van der Waals surface area contributed by atoms with Crippen LogP contribution >= 0.6 is 0 Å². The molecule has 0 N–H and O–H groups in total. The van der Waals surface area contributed by atoms with Crippen molar-refractivity contribution in [2.75, 3.05) is 13.2 Å². The number of carbonyl (C=O) groups excluding carboxylic acids is 2. The highest BCUT2D eigenvalue weighted by Crippen LogP contribution is 2.08. The van der Waals surface area contributed by atoms with Crippen molar-refractivity contribution in [3.05, 3.63) is 12.2 Å². The molecular weight excluding hydrogens is 264 g/mol. The second-order valence-corrected chi connectivity index (χ2v) is 6.02. The highest BCUT2D eigenvalue weighted by molar-refractivity contribution is 5.61. The Balaban J connectivity index is 3.73. The molecule has 0 amide bonds. The molecule has 0 saturated heterocycles. The number of ether oxygens (including phenoxy) is 4. The Hall–Kier alpha value is -1.72. The summed E-state index contributed by atoms with van der Waals surface area (Å²) in [5, 5.41) is 0. The predicted molar refractivity (Wildman–Crippen MR) is 73.5 cm³/mol. The van der Waals surface area contributed by atoms with Gasteiger partial charge in [0.1, 0.15) is 24.4 Å². The van der Waals surface area contributed by atoms with Crippen molar-refractivity contribution in [1.82, 2.24) is 0 Å². The lowest BCUT2D eigenvalue weighted by molar-refractivity contribution is -0.00508. The Morgan fingerprint density at radius 1 is 0.750 bits per heavy atom. The summed E-state index contributed by atoms with van der Waals surface area (Å²) >= 11 is 0. The van der Waals surface area contributed by atoms with Gasteiger partial charge in [-0.3, -0.25) is 0 Å². The molecule has 0 aliphatic carbocycles. The van der Waals surface area contributed by atoms with Crippen LogP contribution in [0.5, 0.6) is 0 Å². The Morgan fingerprint density at radius 3 is 1.30 bits per heavy atom. The lowest BCUT2D eigenvalue weighted by atomic mass is 10.2. The summed E-state index contributed by atoms with van der Waals surface area (Å²) in [6.45, 7) is 10.6. The first-order chi connectivity index (χ1) is 8.99. The maximum absolute atomic E-state index is 11.2. The van der Waals surface area contributed by atoms with Crippen molar-refractivity contribution in [3.8, 4) is 0 Å². The third-order valence-electron chi connectivity index (χ3n) is 1.54. The van der Waals surface area contributed by atoms with Crippen LogP contribution in [0.3, 0.4) is 0 Å². The number of hydrogen-bond donors (Lipinski definition) is 0. The Labute approximate surface area is 120 Å². The van der Waals surface area contributed by atoms with E-state index in [-0.39, 0.29) is 13.2 Å². The summed E-state index contributed by atoms with van der Waals surface area (Å²) in [5.74, 6) is 0. The Morgan fingerprint density at radius 2 is 1.05 bits per heavy atom. The fraction of sp³-hybridized carbons (Fsp3) is 0.714. The van der Waals surface area contributed by atoms with E-state index in [0.717, 1.165) is 0 Å². The minimum absolute atomic E-state index is 0.0482. The summed E-state index contributed by atoms with van der Waals surface area (Å²) in [6, 6.07) is 0. The molecule has 6 nitrogen and oxygen atoms in total. The number of hydrogen-bond acceptors (Lipinski definition) is 6. The van der Waals surface area contributed by atoms with E-state index >= 15 is 0 Å². The molecule has 0 aromatic heterocycles. The molecule has 0 heterocycles. The standard InChI is InChI=1S/C14H24O6/c1-13(2,3)19-11(15)17-9-7-8-10-18-12(16)20-14(4,5)6/h7-8H,9-10H2,1-6H3/b8-7+. The van der Waals surface area contributed by atoms with E-state index < -0.39 is 23.5 Å². The molecule has 0 atom stereocenters. The molecule has 0 unspecified atom stereocenters. The quantitative estimate of drug-likeness (QED) is 0.583. The maximum Gasteiger partial charge on any atom is 0.509 e. The van der Waals surface area contributed by atoms with Gasteiger partial charge in [0, 0.05) is 0 Å². The van der Waals surface area contributed by atoms with Gasteiger partial charge in [0.05, 0.1) is 0 Å². The summed E-state index contributed by atoms with van der Waals surface area (Å²) in [6.07, 6.45) is 1.62. The second-order valence-electron chi connectivity index (χ2n) is 6.02. The lowest BCUT2D eigenvalue weighted by Crippen LogP contribution is -2.24. The first-order valence-corrected chi connectivity index (χ1v) is 6.36. The topological polar surface area (TPSA) is 71.1 Å². The van der Waals surface area contributed by atoms with Gasteiger partial charge in [-0.1, -0.05) is 0 Å². The lowest BCUT2D eigenvalue weighted by Gasteiger charge is -2.18. The predicted octanol–water partition coefficient (Wildman–Crippen LogP) is 3.45. The largest absolute Gasteiger partial charge is 0.509 e. The molecule has 0 aromatic carbocycles. The molecule has 0 aliphatic heterocycles. The Bertz CT molecular complexity index is 312. The van der Waals surface area contributed by atoms with Gasteiger partial charge in [-0.2, -0.15) is 0 Å². The van der Waals surface area contributed by atoms with Gasteiger partial charge in [0.2, 0.25) is 0 Å².